The van der Waals surface area contributed by atoms with Crippen molar-refractivity contribution < 1.29 is 9.53 Å². The minimum atomic E-state index is -0.159. The van der Waals surface area contributed by atoms with E-state index in [0.29, 0.717) is 13.2 Å². The highest BCUT2D eigenvalue weighted by atomic mass is 16.5. The fraction of sp³-hybridized carbons (Fsp3) is 0.120. The van der Waals surface area contributed by atoms with Crippen molar-refractivity contribution in [3.05, 3.63) is 108 Å². The molecule has 4 aromatic rings. The van der Waals surface area contributed by atoms with Crippen LogP contribution in [0.3, 0.4) is 0 Å². The number of carbonyl (C=O) groups excluding carboxylic acids is 1. The van der Waals surface area contributed by atoms with Crippen LogP contribution in [0.2, 0.25) is 0 Å². The van der Waals surface area contributed by atoms with Crippen molar-refractivity contribution in [2.75, 3.05) is 0 Å². The summed E-state index contributed by atoms with van der Waals surface area (Å²) in [5, 5.41) is 2.87. The maximum atomic E-state index is 12.1. The lowest BCUT2D eigenvalue weighted by Crippen LogP contribution is -2.20. The average Bonchev–Trinajstić information content (AvgIpc) is 3.21. The molecule has 2 aromatic carbocycles. The third-order valence-corrected chi connectivity index (χ3v) is 4.75. The second kappa shape index (κ2) is 9.09. The van der Waals surface area contributed by atoms with Gasteiger partial charge in [0, 0.05) is 18.0 Å². The number of nitrogens with zero attached hydrogens (tertiary/aromatic N) is 2. The molecule has 0 spiro atoms. The zero-order valence-electron chi connectivity index (χ0n) is 16.8. The molecule has 0 radical (unpaired) electrons. The third kappa shape index (κ3) is 4.94. The van der Waals surface area contributed by atoms with Gasteiger partial charge in [-0.15, -0.1) is 0 Å². The summed E-state index contributed by atoms with van der Waals surface area (Å²) in [4.78, 5) is 16.7. The molecule has 0 saturated heterocycles. The summed E-state index contributed by atoms with van der Waals surface area (Å²) in [7, 11) is 0. The van der Waals surface area contributed by atoms with Gasteiger partial charge < -0.3 is 14.5 Å². The fourth-order valence-electron chi connectivity index (χ4n) is 3.11. The Morgan fingerprint density at radius 3 is 2.60 bits per heavy atom. The van der Waals surface area contributed by atoms with Crippen LogP contribution < -0.4 is 10.1 Å². The standard InChI is InChI=1S/C25H23N3O2/c1-19-6-5-9-24-27-22(17-28(19)24)16-26-25(29)15-12-20-10-13-23(14-11-20)30-18-21-7-3-2-4-8-21/h2-15,17H,16,18H2,1H3,(H,26,29)/b15-12+. The molecule has 1 N–H and O–H groups in total. The molecule has 2 aromatic heterocycles. The van der Waals surface area contributed by atoms with E-state index in [1.165, 1.54) is 6.08 Å². The summed E-state index contributed by atoms with van der Waals surface area (Å²) in [6, 6.07) is 23.6. The quantitative estimate of drug-likeness (QED) is 0.466. The number of pyridine rings is 1. The first-order valence-electron chi connectivity index (χ1n) is 9.84. The number of aryl methyl sites for hydroxylation is 1. The van der Waals surface area contributed by atoms with Gasteiger partial charge in [0.25, 0.3) is 0 Å². The Kier molecular flexibility index (Phi) is 5.90. The monoisotopic (exact) mass is 397 g/mol. The minimum absolute atomic E-state index is 0.159. The van der Waals surface area contributed by atoms with Gasteiger partial charge in [-0.3, -0.25) is 4.79 Å². The molecular formula is C25H23N3O2. The lowest BCUT2D eigenvalue weighted by Gasteiger charge is -2.06. The van der Waals surface area contributed by atoms with Crippen LogP contribution in [0.5, 0.6) is 5.75 Å². The van der Waals surface area contributed by atoms with Crippen molar-refractivity contribution in [1.29, 1.82) is 0 Å². The van der Waals surface area contributed by atoms with Crippen molar-refractivity contribution in [1.82, 2.24) is 14.7 Å². The maximum absolute atomic E-state index is 12.1. The van der Waals surface area contributed by atoms with E-state index >= 15 is 0 Å². The highest BCUT2D eigenvalue weighted by Gasteiger charge is 2.04. The number of hydrogen-bond donors (Lipinski definition) is 1. The number of carbonyl (C=O) groups is 1. The number of rotatable bonds is 7. The van der Waals surface area contributed by atoms with E-state index in [-0.39, 0.29) is 5.91 Å². The molecule has 5 nitrogen and oxygen atoms in total. The highest BCUT2D eigenvalue weighted by molar-refractivity contribution is 5.91. The van der Waals surface area contributed by atoms with E-state index in [0.717, 1.165) is 33.9 Å². The van der Waals surface area contributed by atoms with E-state index in [1.807, 2.05) is 90.3 Å². The number of aromatic nitrogens is 2. The molecule has 0 unspecified atom stereocenters. The van der Waals surface area contributed by atoms with Crippen molar-refractivity contribution in [3.63, 3.8) is 0 Å². The molecule has 0 atom stereocenters. The summed E-state index contributed by atoms with van der Waals surface area (Å²) in [6.45, 7) is 2.94. The number of hydrogen-bond acceptors (Lipinski definition) is 3. The summed E-state index contributed by atoms with van der Waals surface area (Å²) in [5.74, 6) is 0.635. The number of ether oxygens (including phenoxy) is 1. The summed E-state index contributed by atoms with van der Waals surface area (Å²) >= 11 is 0. The number of fused-ring (bicyclic) bond motifs is 1. The maximum Gasteiger partial charge on any atom is 0.244 e. The van der Waals surface area contributed by atoms with Crippen LogP contribution in [-0.2, 0) is 17.9 Å². The molecule has 5 heteroatoms. The van der Waals surface area contributed by atoms with Gasteiger partial charge in [-0.25, -0.2) is 4.98 Å². The number of amides is 1. The van der Waals surface area contributed by atoms with Gasteiger partial charge in [0.1, 0.15) is 18.0 Å². The predicted molar refractivity (Wildman–Crippen MR) is 118 cm³/mol. The average molecular weight is 397 g/mol. The molecule has 150 valence electrons. The van der Waals surface area contributed by atoms with Crippen LogP contribution in [0.25, 0.3) is 11.7 Å². The predicted octanol–water partition coefficient (Wildman–Crippen LogP) is 4.55. The Bertz CT molecular complexity index is 1160. The van der Waals surface area contributed by atoms with Crippen molar-refractivity contribution in [3.8, 4) is 5.75 Å². The van der Waals surface area contributed by atoms with Gasteiger partial charge in [0.2, 0.25) is 5.91 Å². The largest absolute Gasteiger partial charge is 0.489 e. The van der Waals surface area contributed by atoms with Crippen molar-refractivity contribution >= 4 is 17.6 Å². The van der Waals surface area contributed by atoms with Gasteiger partial charge in [0.15, 0.2) is 0 Å². The van der Waals surface area contributed by atoms with Gasteiger partial charge in [-0.1, -0.05) is 48.5 Å². The third-order valence-electron chi connectivity index (χ3n) is 4.75. The highest BCUT2D eigenvalue weighted by Crippen LogP contribution is 2.15. The summed E-state index contributed by atoms with van der Waals surface area (Å²) in [5.41, 5.74) is 4.86. The Labute approximate surface area is 175 Å². The smallest absolute Gasteiger partial charge is 0.244 e. The van der Waals surface area contributed by atoms with Gasteiger partial charge in [-0.05, 0) is 48.4 Å². The van der Waals surface area contributed by atoms with Gasteiger partial charge in [0.05, 0.1) is 12.2 Å². The van der Waals surface area contributed by atoms with E-state index in [1.54, 1.807) is 6.08 Å². The molecule has 0 aliphatic heterocycles. The lowest BCUT2D eigenvalue weighted by atomic mass is 10.2. The molecule has 0 saturated carbocycles. The van der Waals surface area contributed by atoms with Crippen LogP contribution in [-0.4, -0.2) is 15.3 Å². The van der Waals surface area contributed by atoms with Gasteiger partial charge >= 0.3 is 0 Å². The first-order chi connectivity index (χ1) is 14.7. The van der Waals surface area contributed by atoms with Gasteiger partial charge in [-0.2, -0.15) is 0 Å². The molecule has 0 aliphatic carbocycles. The molecule has 0 bridgehead atoms. The molecule has 30 heavy (non-hydrogen) atoms. The SMILES string of the molecule is Cc1cccc2nc(CNC(=O)/C=C/c3ccc(OCc4ccccc4)cc3)cn12. The Hall–Kier alpha value is -3.86. The van der Waals surface area contributed by atoms with E-state index < -0.39 is 0 Å². The van der Waals surface area contributed by atoms with Crippen LogP contribution in [0.4, 0.5) is 0 Å². The van der Waals surface area contributed by atoms with E-state index in [2.05, 4.69) is 10.3 Å². The minimum Gasteiger partial charge on any atom is -0.489 e. The zero-order chi connectivity index (χ0) is 20.8. The Morgan fingerprint density at radius 2 is 1.83 bits per heavy atom. The molecule has 0 fully saturated rings. The first-order valence-corrected chi connectivity index (χ1v) is 9.84. The van der Waals surface area contributed by atoms with E-state index in [9.17, 15) is 4.79 Å². The second-order valence-electron chi connectivity index (χ2n) is 7.02. The van der Waals surface area contributed by atoms with Crippen LogP contribution in [0.15, 0.2) is 85.1 Å². The number of benzene rings is 2. The Morgan fingerprint density at radius 1 is 1.03 bits per heavy atom. The number of nitrogens with one attached hydrogen (secondary N) is 1. The molecule has 1 amide bonds. The molecule has 2 heterocycles. The van der Waals surface area contributed by atoms with Crippen molar-refractivity contribution in [2.24, 2.45) is 0 Å². The topological polar surface area (TPSA) is 55.6 Å². The Balaban J connectivity index is 1.28. The van der Waals surface area contributed by atoms with Crippen molar-refractivity contribution in [2.45, 2.75) is 20.1 Å². The van der Waals surface area contributed by atoms with Crippen LogP contribution >= 0.6 is 0 Å². The van der Waals surface area contributed by atoms with Crippen LogP contribution in [0.1, 0.15) is 22.5 Å². The van der Waals surface area contributed by atoms with Crippen LogP contribution in [0, 0.1) is 6.92 Å². The molecule has 0 aliphatic rings. The lowest BCUT2D eigenvalue weighted by molar-refractivity contribution is -0.116. The second-order valence-corrected chi connectivity index (χ2v) is 7.02. The summed E-state index contributed by atoms with van der Waals surface area (Å²) < 4.78 is 7.79. The summed E-state index contributed by atoms with van der Waals surface area (Å²) in [6.07, 6.45) is 5.26. The zero-order valence-corrected chi connectivity index (χ0v) is 16.8. The molecular weight excluding hydrogens is 374 g/mol. The van der Waals surface area contributed by atoms with E-state index in [4.69, 9.17) is 4.74 Å². The normalized spacial score (nSPS) is 11.1. The number of imidazole rings is 1. The molecule has 4 rings (SSSR count). The first kappa shape index (κ1) is 19.5. The fourth-order valence-corrected chi connectivity index (χ4v) is 3.11.